The quantitative estimate of drug-likeness (QED) is 0.905. The van der Waals surface area contributed by atoms with Crippen molar-refractivity contribution in [1.29, 1.82) is 0 Å². The van der Waals surface area contributed by atoms with Crippen LogP contribution in [0.1, 0.15) is 36.3 Å². The summed E-state index contributed by atoms with van der Waals surface area (Å²) in [6, 6.07) is 8.27. The number of halogens is 1. The first-order chi connectivity index (χ1) is 9.02. The van der Waals surface area contributed by atoms with E-state index in [1.807, 2.05) is 36.9 Å². The van der Waals surface area contributed by atoms with Crippen LogP contribution in [0.5, 0.6) is 0 Å². The number of aromatic nitrogens is 2. The highest BCUT2D eigenvalue weighted by atomic mass is 35.5. The van der Waals surface area contributed by atoms with Crippen LogP contribution in [0, 0.1) is 13.8 Å². The van der Waals surface area contributed by atoms with Crippen LogP contribution < -0.4 is 5.32 Å². The number of benzene rings is 1. The molecule has 1 N–H and O–H groups in total. The van der Waals surface area contributed by atoms with Gasteiger partial charge < -0.3 is 5.32 Å². The van der Waals surface area contributed by atoms with E-state index < -0.39 is 0 Å². The van der Waals surface area contributed by atoms with Crippen molar-refractivity contribution in [2.24, 2.45) is 7.05 Å². The zero-order chi connectivity index (χ0) is 14.0. The maximum Gasteiger partial charge on any atom is 0.0828 e. The molecule has 4 heteroatoms. The topological polar surface area (TPSA) is 29.9 Å². The molecule has 0 aliphatic rings. The van der Waals surface area contributed by atoms with Gasteiger partial charge in [0.1, 0.15) is 0 Å². The van der Waals surface area contributed by atoms with Crippen LogP contribution in [0.4, 0.5) is 5.69 Å². The molecule has 0 aliphatic heterocycles. The summed E-state index contributed by atoms with van der Waals surface area (Å²) in [5, 5.41) is 8.80. The molecule has 2 rings (SSSR count). The third-order valence-electron chi connectivity index (χ3n) is 3.49. The van der Waals surface area contributed by atoms with E-state index in [2.05, 4.69) is 30.3 Å². The zero-order valence-electron chi connectivity index (χ0n) is 11.9. The zero-order valence-corrected chi connectivity index (χ0v) is 12.6. The van der Waals surface area contributed by atoms with Crippen LogP contribution >= 0.6 is 11.6 Å². The second kappa shape index (κ2) is 5.66. The van der Waals surface area contributed by atoms with Gasteiger partial charge in [-0.25, -0.2) is 0 Å². The minimum Gasteiger partial charge on any atom is -0.375 e. The molecule has 0 saturated heterocycles. The Bertz CT molecular complexity index is 575. The summed E-state index contributed by atoms with van der Waals surface area (Å²) >= 11 is 6.07. The van der Waals surface area contributed by atoms with Crippen molar-refractivity contribution in [3.05, 3.63) is 46.2 Å². The van der Waals surface area contributed by atoms with Crippen LogP contribution in [0.2, 0.25) is 5.02 Å². The van der Waals surface area contributed by atoms with Gasteiger partial charge >= 0.3 is 0 Å². The molecule has 0 bridgehead atoms. The number of aryl methyl sites for hydroxylation is 2. The minimum absolute atomic E-state index is 0.250. The molecule has 0 fully saturated rings. The summed E-state index contributed by atoms with van der Waals surface area (Å²) in [7, 11) is 1.97. The molecule has 1 aromatic heterocycles. The van der Waals surface area contributed by atoms with Gasteiger partial charge in [-0.2, -0.15) is 5.10 Å². The number of nitrogens with zero attached hydrogens (tertiary/aromatic N) is 2. The Kier molecular flexibility index (Phi) is 4.15. The van der Waals surface area contributed by atoms with Gasteiger partial charge in [0.15, 0.2) is 0 Å². The monoisotopic (exact) mass is 277 g/mol. The summed E-state index contributed by atoms with van der Waals surface area (Å²) in [5.74, 6) is 0. The van der Waals surface area contributed by atoms with Crippen LogP contribution in [0.3, 0.4) is 0 Å². The van der Waals surface area contributed by atoms with Crippen molar-refractivity contribution in [3.63, 3.8) is 0 Å². The average molecular weight is 278 g/mol. The second-order valence-corrected chi connectivity index (χ2v) is 5.27. The molecule has 3 nitrogen and oxygen atoms in total. The fourth-order valence-corrected chi connectivity index (χ4v) is 2.50. The van der Waals surface area contributed by atoms with Gasteiger partial charge in [-0.1, -0.05) is 30.7 Å². The van der Waals surface area contributed by atoms with Gasteiger partial charge in [-0.05, 0) is 38.0 Å². The Morgan fingerprint density at radius 2 is 2.11 bits per heavy atom. The Labute approximate surface area is 119 Å². The van der Waals surface area contributed by atoms with Crippen molar-refractivity contribution in [2.45, 2.75) is 33.2 Å². The Balaban J connectivity index is 2.29. The predicted molar refractivity (Wildman–Crippen MR) is 80.8 cm³/mol. The highest BCUT2D eigenvalue weighted by Crippen LogP contribution is 2.28. The van der Waals surface area contributed by atoms with Crippen molar-refractivity contribution < 1.29 is 0 Å². The predicted octanol–water partition coefficient (Wildman–Crippen LogP) is 4.25. The second-order valence-electron chi connectivity index (χ2n) is 4.83. The SMILES string of the molecule is CCC(Nc1c(C)nn(C)c1C)c1cccc(Cl)c1. The summed E-state index contributed by atoms with van der Waals surface area (Å²) in [5.41, 5.74) is 4.51. The first-order valence-corrected chi connectivity index (χ1v) is 6.93. The summed E-state index contributed by atoms with van der Waals surface area (Å²) in [6.45, 7) is 6.27. The van der Waals surface area contributed by atoms with Gasteiger partial charge in [0.2, 0.25) is 0 Å². The fourth-order valence-electron chi connectivity index (χ4n) is 2.30. The summed E-state index contributed by atoms with van der Waals surface area (Å²) < 4.78 is 1.91. The molecule has 102 valence electrons. The lowest BCUT2D eigenvalue weighted by molar-refractivity contribution is 0.728. The molecule has 1 atom stereocenters. The van der Waals surface area contributed by atoms with Crippen LogP contribution in [-0.2, 0) is 7.05 Å². The molecule has 2 aromatic rings. The van der Waals surface area contributed by atoms with Crippen LogP contribution in [-0.4, -0.2) is 9.78 Å². The lowest BCUT2D eigenvalue weighted by atomic mass is 10.0. The fraction of sp³-hybridized carbons (Fsp3) is 0.400. The normalized spacial score (nSPS) is 12.5. The molecule has 0 saturated carbocycles. The van der Waals surface area contributed by atoms with Crippen LogP contribution in [0.15, 0.2) is 24.3 Å². The van der Waals surface area contributed by atoms with E-state index in [1.165, 1.54) is 5.56 Å². The Morgan fingerprint density at radius 1 is 1.37 bits per heavy atom. The molecule has 1 heterocycles. The van der Waals surface area contributed by atoms with Gasteiger partial charge in [0.05, 0.1) is 23.1 Å². The smallest absolute Gasteiger partial charge is 0.0828 e. The van der Waals surface area contributed by atoms with Gasteiger partial charge in [-0.3, -0.25) is 4.68 Å². The summed E-state index contributed by atoms with van der Waals surface area (Å²) in [4.78, 5) is 0. The minimum atomic E-state index is 0.250. The standard InChI is InChI=1S/C15H20ClN3/c1-5-14(12-7-6-8-13(16)9-12)17-15-10(2)18-19(4)11(15)3/h6-9,14,17H,5H2,1-4H3. The molecule has 0 radical (unpaired) electrons. The van der Waals surface area contributed by atoms with E-state index in [0.717, 1.165) is 28.5 Å². The van der Waals surface area contributed by atoms with Crippen molar-refractivity contribution in [2.75, 3.05) is 5.32 Å². The van der Waals surface area contributed by atoms with E-state index in [4.69, 9.17) is 11.6 Å². The molecule has 0 aliphatic carbocycles. The van der Waals surface area contributed by atoms with Crippen LogP contribution in [0.25, 0.3) is 0 Å². The Morgan fingerprint density at radius 3 is 2.63 bits per heavy atom. The van der Waals surface area contributed by atoms with Gasteiger partial charge in [0, 0.05) is 12.1 Å². The lowest BCUT2D eigenvalue weighted by Gasteiger charge is -2.19. The molecule has 1 unspecified atom stereocenters. The largest absolute Gasteiger partial charge is 0.375 e. The molecule has 0 spiro atoms. The Hall–Kier alpha value is -1.48. The van der Waals surface area contributed by atoms with E-state index in [-0.39, 0.29) is 6.04 Å². The molecular formula is C15H20ClN3. The number of hydrogen-bond acceptors (Lipinski definition) is 2. The third kappa shape index (κ3) is 2.92. The highest BCUT2D eigenvalue weighted by Gasteiger charge is 2.15. The molecular weight excluding hydrogens is 258 g/mol. The van der Waals surface area contributed by atoms with E-state index in [9.17, 15) is 0 Å². The van der Waals surface area contributed by atoms with Gasteiger partial charge in [0.25, 0.3) is 0 Å². The maximum atomic E-state index is 6.07. The first kappa shape index (κ1) is 13.9. The molecule has 0 amide bonds. The lowest BCUT2D eigenvalue weighted by Crippen LogP contribution is -2.11. The average Bonchev–Trinajstić information content (AvgIpc) is 2.61. The van der Waals surface area contributed by atoms with Crippen molar-refractivity contribution in [1.82, 2.24) is 9.78 Å². The third-order valence-corrected chi connectivity index (χ3v) is 3.72. The molecule has 19 heavy (non-hydrogen) atoms. The number of nitrogens with one attached hydrogen (secondary N) is 1. The number of rotatable bonds is 4. The van der Waals surface area contributed by atoms with E-state index >= 15 is 0 Å². The highest BCUT2D eigenvalue weighted by molar-refractivity contribution is 6.30. The van der Waals surface area contributed by atoms with Crippen molar-refractivity contribution in [3.8, 4) is 0 Å². The number of anilines is 1. The van der Waals surface area contributed by atoms with Gasteiger partial charge in [-0.15, -0.1) is 0 Å². The van der Waals surface area contributed by atoms with E-state index in [0.29, 0.717) is 0 Å². The number of hydrogen-bond donors (Lipinski definition) is 1. The van der Waals surface area contributed by atoms with Crippen molar-refractivity contribution >= 4 is 17.3 Å². The first-order valence-electron chi connectivity index (χ1n) is 6.55. The molecule has 1 aromatic carbocycles. The maximum absolute atomic E-state index is 6.07. The summed E-state index contributed by atoms with van der Waals surface area (Å²) in [6.07, 6.45) is 0.994. The van der Waals surface area contributed by atoms with E-state index in [1.54, 1.807) is 0 Å².